The second-order valence-corrected chi connectivity index (χ2v) is 21.8. The molecule has 1 spiro atoms. The van der Waals surface area contributed by atoms with Gasteiger partial charge in [-0.1, -0.05) is 51.1 Å². The average Bonchev–Trinajstić information content (AvgIpc) is 3.62. The van der Waals surface area contributed by atoms with Gasteiger partial charge in [0.2, 0.25) is 5.56 Å². The molecular weight excluding hydrogens is 709 g/mol. The van der Waals surface area contributed by atoms with Gasteiger partial charge >= 0.3 is 5.97 Å². The van der Waals surface area contributed by atoms with Gasteiger partial charge in [-0.25, -0.2) is 4.79 Å². The third kappa shape index (κ3) is 9.10. The molecule has 2 aromatic carbocycles. The Morgan fingerprint density at radius 2 is 1.77 bits per heavy atom. The summed E-state index contributed by atoms with van der Waals surface area (Å²) in [7, 11) is -2.18. The van der Waals surface area contributed by atoms with Crippen LogP contribution in [0.15, 0.2) is 65.5 Å². The maximum absolute atomic E-state index is 13.2. The number of carbonyl (C=O) groups is 2. The second-order valence-electron chi connectivity index (χ2n) is 15.9. The quantitative estimate of drug-likeness (QED) is 0.0954. The number of phenols is 1. The number of benzene rings is 2. The van der Waals surface area contributed by atoms with Crippen LogP contribution in [0, 0.1) is 0 Å². The van der Waals surface area contributed by atoms with Crippen molar-refractivity contribution >= 4 is 42.4 Å². The molecule has 4 N–H and O–H groups in total. The minimum atomic E-state index is -2.18. The van der Waals surface area contributed by atoms with Gasteiger partial charge in [0.05, 0.1) is 35.3 Å². The molecule has 53 heavy (non-hydrogen) atoms. The second kappa shape index (κ2) is 15.9. The fraction of sp³-hybridized carbons (Fsp3) is 0.475. The Balaban J connectivity index is 1.03. The number of rotatable bonds is 12. The van der Waals surface area contributed by atoms with Crippen LogP contribution >= 0.6 is 11.3 Å². The molecule has 6 rings (SSSR count). The van der Waals surface area contributed by atoms with Crippen molar-refractivity contribution in [2.75, 3.05) is 45.9 Å². The van der Waals surface area contributed by atoms with E-state index >= 15 is 0 Å². The number of hydrogen-bond acceptors (Lipinski definition) is 9. The first-order valence-electron chi connectivity index (χ1n) is 18.4. The molecule has 0 saturated carbocycles. The molecule has 2 aliphatic heterocycles. The van der Waals surface area contributed by atoms with Crippen molar-refractivity contribution in [3.05, 3.63) is 97.5 Å². The summed E-state index contributed by atoms with van der Waals surface area (Å²) in [6.45, 7) is 16.6. The Morgan fingerprint density at radius 3 is 2.49 bits per heavy atom. The molecule has 0 bridgehead atoms. The van der Waals surface area contributed by atoms with E-state index < -0.39 is 14.3 Å². The van der Waals surface area contributed by atoms with Crippen molar-refractivity contribution in [3.63, 3.8) is 0 Å². The van der Waals surface area contributed by atoms with Crippen molar-refractivity contribution in [1.29, 1.82) is 0 Å². The Bertz CT molecular complexity index is 2000. The summed E-state index contributed by atoms with van der Waals surface area (Å²) in [5.74, 6) is -1.09. The minimum absolute atomic E-state index is 0.00415. The lowest BCUT2D eigenvalue weighted by molar-refractivity contribution is -0.127. The third-order valence-electron chi connectivity index (χ3n) is 11.1. The van der Waals surface area contributed by atoms with Crippen LogP contribution in [0.5, 0.6) is 5.75 Å². The highest BCUT2D eigenvalue weighted by Crippen LogP contribution is 2.41. The van der Waals surface area contributed by atoms with E-state index in [9.17, 15) is 24.6 Å². The van der Waals surface area contributed by atoms with E-state index in [4.69, 9.17) is 9.16 Å². The predicted octanol–water partition coefficient (Wildman–Crippen LogP) is 6.40. The number of aromatic hydroxyl groups is 1. The summed E-state index contributed by atoms with van der Waals surface area (Å²) in [4.78, 5) is 44.3. The first-order valence-corrected chi connectivity index (χ1v) is 22.2. The van der Waals surface area contributed by atoms with E-state index in [1.54, 1.807) is 18.2 Å². The first kappa shape index (κ1) is 38.9. The van der Waals surface area contributed by atoms with Crippen LogP contribution in [0.4, 0.5) is 0 Å². The van der Waals surface area contributed by atoms with Gasteiger partial charge < -0.3 is 34.6 Å². The number of aromatic nitrogens is 1. The van der Waals surface area contributed by atoms with Crippen LogP contribution < -0.4 is 10.9 Å². The van der Waals surface area contributed by atoms with Crippen LogP contribution in [0.2, 0.25) is 18.1 Å². The van der Waals surface area contributed by atoms with Crippen LogP contribution in [0.1, 0.15) is 75.8 Å². The Hall–Kier alpha value is -3.85. The van der Waals surface area contributed by atoms with Crippen molar-refractivity contribution in [2.45, 2.75) is 76.4 Å². The molecule has 0 radical (unpaired) electrons. The summed E-state index contributed by atoms with van der Waals surface area (Å²) in [6, 6.07) is 18.6. The minimum Gasteiger partial charge on any atom is -0.506 e. The van der Waals surface area contributed by atoms with Crippen molar-refractivity contribution in [3.8, 4) is 5.75 Å². The number of thiophene rings is 1. The molecule has 2 aromatic heterocycles. The lowest BCUT2D eigenvalue weighted by Gasteiger charge is -2.47. The number of ether oxygens (including phenoxy) is 1. The smallest absolute Gasteiger partial charge is 0.345 e. The number of carboxylic acids is 1. The molecule has 284 valence electrons. The van der Waals surface area contributed by atoms with Crippen molar-refractivity contribution in [1.82, 2.24) is 20.1 Å². The number of nitrogens with one attached hydrogen (secondary N) is 2. The highest BCUT2D eigenvalue weighted by Gasteiger charge is 2.42. The highest BCUT2D eigenvalue weighted by atomic mass is 32.1. The lowest BCUT2D eigenvalue weighted by atomic mass is 9.89. The average molecular weight is 761 g/mol. The summed E-state index contributed by atoms with van der Waals surface area (Å²) < 4.78 is 13.3. The van der Waals surface area contributed by atoms with E-state index in [-0.39, 0.29) is 38.8 Å². The summed E-state index contributed by atoms with van der Waals surface area (Å²) in [5, 5.41) is 24.2. The van der Waals surface area contributed by atoms with Crippen molar-refractivity contribution < 1.29 is 29.0 Å². The fourth-order valence-corrected chi connectivity index (χ4v) is 9.15. The number of likely N-dealkylation sites (tertiary alicyclic amines) is 1. The molecule has 4 heterocycles. The molecule has 2 saturated heterocycles. The van der Waals surface area contributed by atoms with Gasteiger partial charge in [0.1, 0.15) is 10.6 Å². The van der Waals surface area contributed by atoms with Crippen molar-refractivity contribution in [2.24, 2.45) is 0 Å². The third-order valence-corrected chi connectivity index (χ3v) is 16.7. The maximum Gasteiger partial charge on any atom is 0.345 e. The molecule has 2 fully saturated rings. The van der Waals surface area contributed by atoms with Crippen LogP contribution in [0.3, 0.4) is 0 Å². The van der Waals surface area contributed by atoms with Gasteiger partial charge in [-0.15, -0.1) is 11.3 Å². The summed E-state index contributed by atoms with van der Waals surface area (Å²) in [6.07, 6.45) is 2.24. The van der Waals surface area contributed by atoms with E-state index in [1.165, 1.54) is 23.3 Å². The zero-order chi connectivity index (χ0) is 38.0. The maximum atomic E-state index is 13.2. The standard InChI is InChI=1S/C40H52N4O7SSi/c1-39(2,3)53(4,5)51-32(29-9-11-31(45)36-30(29)10-14-35(46)42-36)24-41-18-15-27-7-6-8-28(23-27)25-43-19-16-40(17-20-43)26-44(21-22-50-40)37(47)33-12-13-34(52-33)38(48)49/h6-14,23,32,41,45H,15-22,24-26H2,1-5H3,(H,42,46)(H,48,49). The number of amides is 1. The lowest BCUT2D eigenvalue weighted by Crippen LogP contribution is -2.57. The fourth-order valence-electron chi connectivity index (χ4n) is 7.06. The molecule has 0 aliphatic carbocycles. The van der Waals surface area contributed by atoms with Crippen LogP contribution in [0.25, 0.3) is 10.9 Å². The zero-order valence-corrected chi connectivity index (χ0v) is 33.2. The number of carboxylic acid groups (broad SMARTS) is 1. The number of piperidine rings is 1. The monoisotopic (exact) mass is 760 g/mol. The SMILES string of the molecule is CC(C)(C)[Si](C)(C)OC(CNCCc1cccc(CN2CCC3(CC2)CN(C(=O)c2ccc(C(=O)O)s2)CCO3)c1)c1ccc(O)c2[nH]c(=O)ccc12. The number of aromatic carboxylic acids is 1. The number of morpholine rings is 1. The van der Waals surface area contributed by atoms with E-state index in [1.807, 2.05) is 11.0 Å². The van der Waals surface area contributed by atoms with E-state index in [0.717, 1.165) is 67.7 Å². The summed E-state index contributed by atoms with van der Waals surface area (Å²) >= 11 is 1.02. The molecule has 11 nitrogen and oxygen atoms in total. The van der Waals surface area contributed by atoms with Gasteiger partial charge in [-0.3, -0.25) is 14.5 Å². The predicted molar refractivity (Wildman–Crippen MR) is 211 cm³/mol. The molecule has 1 atom stereocenters. The number of fused-ring (bicyclic) bond motifs is 1. The Labute approximate surface area is 316 Å². The Kier molecular flexibility index (Phi) is 11.6. The number of H-pyrrole nitrogens is 1. The van der Waals surface area contributed by atoms with Gasteiger partial charge in [0, 0.05) is 44.2 Å². The molecule has 13 heteroatoms. The Morgan fingerprint density at radius 1 is 1.04 bits per heavy atom. The molecular formula is C40H52N4O7SSi. The molecule has 1 amide bonds. The van der Waals surface area contributed by atoms with Gasteiger partial charge in [-0.2, -0.15) is 0 Å². The number of aromatic amines is 1. The largest absolute Gasteiger partial charge is 0.506 e. The van der Waals surface area contributed by atoms with Gasteiger partial charge in [0.15, 0.2) is 8.32 Å². The van der Waals surface area contributed by atoms with Crippen LogP contribution in [-0.2, 0) is 22.1 Å². The number of carbonyl (C=O) groups excluding carboxylic acids is 1. The van der Waals surface area contributed by atoms with E-state index in [2.05, 4.69) is 73.3 Å². The molecule has 4 aromatic rings. The topological polar surface area (TPSA) is 144 Å². The van der Waals surface area contributed by atoms with Gasteiger partial charge in [-0.05, 0) is 84.9 Å². The van der Waals surface area contributed by atoms with Gasteiger partial charge in [0.25, 0.3) is 5.91 Å². The number of phenolic OH excluding ortho intramolecular Hbond substituents is 1. The number of pyridine rings is 1. The molecule has 1 unspecified atom stereocenters. The normalized spacial score (nSPS) is 17.3. The summed E-state index contributed by atoms with van der Waals surface area (Å²) in [5.41, 5.74) is 3.24. The van der Waals surface area contributed by atoms with E-state index in [0.29, 0.717) is 36.6 Å². The zero-order valence-electron chi connectivity index (χ0n) is 31.4. The number of nitrogens with zero attached hydrogens (tertiary/aromatic N) is 2. The first-order chi connectivity index (χ1) is 25.1. The molecule has 2 aliphatic rings. The highest BCUT2D eigenvalue weighted by molar-refractivity contribution is 7.15. The van der Waals surface area contributed by atoms with Crippen LogP contribution in [-0.4, -0.2) is 96.7 Å². The number of hydrogen-bond donors (Lipinski definition) is 4.